The number of carbonyl (C=O) groups is 1. The summed E-state index contributed by atoms with van der Waals surface area (Å²) < 4.78 is 24.1. The van der Waals surface area contributed by atoms with Crippen molar-refractivity contribution in [2.24, 2.45) is 4.99 Å². The molecule has 1 aliphatic rings. The molecule has 3 aromatic heterocycles. The summed E-state index contributed by atoms with van der Waals surface area (Å²) in [5, 5.41) is 11.1. The molecule has 2 N–H and O–H groups in total. The van der Waals surface area contributed by atoms with Gasteiger partial charge in [0.15, 0.2) is 29.1 Å². The van der Waals surface area contributed by atoms with Gasteiger partial charge in [0.2, 0.25) is 0 Å². The number of hydrogen-bond donors (Lipinski definition) is 2. The summed E-state index contributed by atoms with van der Waals surface area (Å²) in [5.74, 6) is 2.40. The molecular formula is C27H27N7O5. The van der Waals surface area contributed by atoms with Crippen molar-refractivity contribution in [3.8, 4) is 28.7 Å². The van der Waals surface area contributed by atoms with Gasteiger partial charge in [0, 0.05) is 30.0 Å². The number of anilines is 1. The second kappa shape index (κ2) is 11.1. The largest absolute Gasteiger partial charge is 0.493 e. The lowest BCUT2D eigenvalue weighted by atomic mass is 10.2. The van der Waals surface area contributed by atoms with Gasteiger partial charge in [0.05, 0.1) is 44.4 Å². The molecule has 39 heavy (non-hydrogen) atoms. The molecule has 5 rings (SSSR count). The minimum absolute atomic E-state index is 0.135. The highest BCUT2D eigenvalue weighted by molar-refractivity contribution is 6.04. The average Bonchev–Trinajstić information content (AvgIpc) is 3.37. The number of aromatic nitrogens is 4. The minimum Gasteiger partial charge on any atom is -0.493 e. The second-order valence-corrected chi connectivity index (χ2v) is 8.38. The average molecular weight is 530 g/mol. The lowest BCUT2D eigenvalue weighted by molar-refractivity contribution is 0.101. The predicted octanol–water partition coefficient (Wildman–Crippen LogP) is 4.32. The van der Waals surface area contributed by atoms with E-state index in [1.165, 1.54) is 6.20 Å². The van der Waals surface area contributed by atoms with E-state index in [1.807, 2.05) is 13.8 Å². The number of fused-ring (bicyclic) bond motifs is 1. The van der Waals surface area contributed by atoms with Crippen molar-refractivity contribution in [2.45, 2.75) is 20.0 Å². The van der Waals surface area contributed by atoms with Crippen LogP contribution < -0.4 is 29.6 Å². The zero-order valence-corrected chi connectivity index (χ0v) is 21.8. The van der Waals surface area contributed by atoms with E-state index in [0.717, 1.165) is 11.1 Å². The molecule has 0 saturated heterocycles. The predicted molar refractivity (Wildman–Crippen MR) is 145 cm³/mol. The Labute approximate surface area is 224 Å². The number of aliphatic imine (C=N–C) groups is 1. The summed E-state index contributed by atoms with van der Waals surface area (Å²) in [7, 11) is 3.14. The lowest BCUT2D eigenvalue weighted by Gasteiger charge is -2.19. The molecule has 12 nitrogen and oxygen atoms in total. The molecule has 1 aromatic carbocycles. The summed E-state index contributed by atoms with van der Waals surface area (Å²) in [5.41, 5.74) is 1.62. The van der Waals surface area contributed by atoms with E-state index in [-0.39, 0.29) is 11.9 Å². The fourth-order valence-electron chi connectivity index (χ4n) is 4.03. The minimum atomic E-state index is -0.458. The maximum Gasteiger partial charge on any atom is 0.281 e. The molecule has 1 unspecified atom stereocenters. The van der Waals surface area contributed by atoms with Crippen LogP contribution >= 0.6 is 0 Å². The van der Waals surface area contributed by atoms with Gasteiger partial charge in [-0.15, -0.1) is 0 Å². The fraction of sp³-hybridized carbons (Fsp3) is 0.222. The molecule has 1 atom stereocenters. The monoisotopic (exact) mass is 529 g/mol. The summed E-state index contributed by atoms with van der Waals surface area (Å²) in [6, 6.07) is 8.68. The fourth-order valence-corrected chi connectivity index (χ4v) is 4.03. The van der Waals surface area contributed by atoms with E-state index < -0.39 is 5.91 Å². The van der Waals surface area contributed by atoms with Gasteiger partial charge in [0.1, 0.15) is 17.3 Å². The van der Waals surface area contributed by atoms with Gasteiger partial charge in [-0.05, 0) is 38.1 Å². The summed E-state index contributed by atoms with van der Waals surface area (Å²) in [6.45, 7) is 4.09. The zero-order valence-electron chi connectivity index (χ0n) is 21.8. The summed E-state index contributed by atoms with van der Waals surface area (Å²) in [4.78, 5) is 26.1. The van der Waals surface area contributed by atoms with Crippen LogP contribution in [0.4, 0.5) is 5.82 Å². The topological polar surface area (TPSA) is 134 Å². The highest BCUT2D eigenvalue weighted by atomic mass is 16.5. The Hall–Kier alpha value is -5.13. The molecule has 200 valence electrons. The van der Waals surface area contributed by atoms with Gasteiger partial charge in [-0.2, -0.15) is 5.10 Å². The second-order valence-electron chi connectivity index (χ2n) is 8.38. The van der Waals surface area contributed by atoms with Crippen LogP contribution in [0.2, 0.25) is 0 Å². The number of rotatable bonds is 9. The van der Waals surface area contributed by atoms with E-state index in [4.69, 9.17) is 18.9 Å². The smallest absolute Gasteiger partial charge is 0.281 e. The van der Waals surface area contributed by atoms with Crippen molar-refractivity contribution in [2.75, 3.05) is 26.1 Å². The summed E-state index contributed by atoms with van der Waals surface area (Å²) in [6.07, 6.45) is 7.89. The summed E-state index contributed by atoms with van der Waals surface area (Å²) >= 11 is 0. The number of hydrogen-bond acceptors (Lipinski definition) is 10. The third-order valence-electron chi connectivity index (χ3n) is 5.89. The Kier molecular flexibility index (Phi) is 7.26. The molecule has 4 heterocycles. The number of nitrogens with zero attached hydrogens (tertiary/aromatic N) is 5. The first-order valence-corrected chi connectivity index (χ1v) is 12.1. The van der Waals surface area contributed by atoms with Crippen LogP contribution in [-0.2, 0) is 0 Å². The normalized spacial score (nSPS) is 14.4. The number of methoxy groups -OCH3 is 2. The molecule has 12 heteroatoms. The van der Waals surface area contributed by atoms with Crippen molar-refractivity contribution in [1.82, 2.24) is 25.1 Å². The van der Waals surface area contributed by atoms with E-state index in [1.54, 1.807) is 74.0 Å². The number of amides is 1. The van der Waals surface area contributed by atoms with E-state index in [2.05, 4.69) is 30.7 Å². The van der Waals surface area contributed by atoms with Crippen LogP contribution in [0.5, 0.6) is 28.7 Å². The Morgan fingerprint density at radius 2 is 1.90 bits per heavy atom. The Bertz CT molecular complexity index is 1560. The van der Waals surface area contributed by atoms with Crippen molar-refractivity contribution < 1.29 is 23.7 Å². The highest BCUT2D eigenvalue weighted by Gasteiger charge is 2.24. The molecule has 0 spiro atoms. The van der Waals surface area contributed by atoms with Gasteiger partial charge >= 0.3 is 0 Å². The molecule has 1 amide bonds. The van der Waals surface area contributed by atoms with Crippen LogP contribution in [-0.4, -0.2) is 52.2 Å². The first-order chi connectivity index (χ1) is 19.0. The third-order valence-corrected chi connectivity index (χ3v) is 5.89. The number of benzene rings is 1. The van der Waals surface area contributed by atoms with Gasteiger partial charge in [-0.3, -0.25) is 14.8 Å². The highest BCUT2D eigenvalue weighted by Crippen LogP contribution is 2.36. The molecular weight excluding hydrogens is 502 g/mol. The number of ether oxygens (including phenoxy) is 4. The van der Waals surface area contributed by atoms with Crippen molar-refractivity contribution in [3.05, 3.63) is 67.0 Å². The zero-order chi connectivity index (χ0) is 27.4. The third kappa shape index (κ3) is 5.30. The maximum atomic E-state index is 13.1. The standard InChI is InChI=1S/C27H27N7O5/c1-5-38-23-15-34(26-16(2)28-10-11-30-26)33-25(23)27(35)32-24-7-6-17(14-31-24)39-20-8-9-29-19-13-22(37-4)21(36-3)12-18(19)20/h6-15,26,30H,5H2,1-4H3,(H,31,32,35). The van der Waals surface area contributed by atoms with Gasteiger partial charge in [-0.25, -0.2) is 9.67 Å². The van der Waals surface area contributed by atoms with Crippen molar-refractivity contribution in [1.29, 1.82) is 0 Å². The number of carbonyl (C=O) groups excluding carboxylic acids is 1. The molecule has 1 aliphatic heterocycles. The van der Waals surface area contributed by atoms with Gasteiger partial charge < -0.3 is 29.6 Å². The molecule has 0 fully saturated rings. The van der Waals surface area contributed by atoms with E-state index >= 15 is 0 Å². The van der Waals surface area contributed by atoms with Crippen molar-refractivity contribution >= 4 is 28.3 Å². The van der Waals surface area contributed by atoms with Crippen LogP contribution in [0, 0.1) is 0 Å². The van der Waals surface area contributed by atoms with Crippen molar-refractivity contribution in [3.63, 3.8) is 0 Å². The van der Waals surface area contributed by atoms with Crippen LogP contribution in [0.1, 0.15) is 30.5 Å². The Balaban J connectivity index is 1.33. The molecule has 0 saturated carbocycles. The molecule has 4 aromatic rings. The van der Waals surface area contributed by atoms with E-state index in [9.17, 15) is 4.79 Å². The van der Waals surface area contributed by atoms with Gasteiger partial charge in [-0.1, -0.05) is 0 Å². The Morgan fingerprint density at radius 1 is 1.08 bits per heavy atom. The van der Waals surface area contributed by atoms with Gasteiger partial charge in [0.25, 0.3) is 5.91 Å². The lowest BCUT2D eigenvalue weighted by Crippen LogP contribution is -2.31. The maximum absolute atomic E-state index is 13.1. The molecule has 0 bridgehead atoms. The molecule has 0 aliphatic carbocycles. The molecule has 0 radical (unpaired) electrons. The van der Waals surface area contributed by atoms with Crippen LogP contribution in [0.25, 0.3) is 10.9 Å². The SMILES string of the molecule is CCOc1cn(C2NC=CN=C2C)nc1C(=O)Nc1ccc(Oc2ccnc3cc(OC)c(OC)cc23)cn1. The number of pyridine rings is 2. The first kappa shape index (κ1) is 25.5. The van der Waals surface area contributed by atoms with E-state index in [0.29, 0.717) is 46.7 Å². The van der Waals surface area contributed by atoms with Crippen LogP contribution in [0.3, 0.4) is 0 Å². The van der Waals surface area contributed by atoms with Crippen LogP contribution in [0.15, 0.2) is 66.3 Å². The first-order valence-electron chi connectivity index (χ1n) is 12.1. The number of nitrogens with one attached hydrogen (secondary N) is 2. The Morgan fingerprint density at radius 3 is 2.62 bits per heavy atom. The quantitative estimate of drug-likeness (QED) is 0.325.